The molecule has 0 fully saturated rings. The van der Waals surface area contributed by atoms with Crippen LogP contribution in [-0.4, -0.2) is 24.1 Å². The van der Waals surface area contributed by atoms with E-state index in [1.165, 1.54) is 0 Å². The molecule has 3 aromatic heterocycles. The van der Waals surface area contributed by atoms with Crippen molar-refractivity contribution < 1.29 is 6.85 Å². The predicted molar refractivity (Wildman–Crippen MR) is 230 cm³/mol. The Morgan fingerprint density at radius 3 is 1.55 bits per heavy atom. The molecule has 0 saturated heterocycles. The number of hydrogen-bond acceptors (Lipinski definition) is 3. The zero-order valence-electron chi connectivity index (χ0n) is 34.9. The Bertz CT molecular complexity index is 3500. The monoisotopic (exact) mass is 720 g/mol. The lowest BCUT2D eigenvalue weighted by Crippen LogP contribution is -2.07. The molecular weight excluding hydrogens is 683 g/mol. The predicted octanol–water partition coefficient (Wildman–Crippen LogP) is 12.7. The van der Waals surface area contributed by atoms with Gasteiger partial charge in [-0.1, -0.05) is 176 Å². The maximum atomic E-state index is 9.01. The van der Waals surface area contributed by atoms with E-state index in [0.29, 0.717) is 11.4 Å². The molecule has 262 valence electrons. The fourth-order valence-electron chi connectivity index (χ4n) is 8.02. The zero-order valence-corrected chi connectivity index (χ0v) is 29.9. The number of hydrogen-bond donors (Lipinski definition) is 0. The Hall–Kier alpha value is -7.63. The van der Waals surface area contributed by atoms with Crippen LogP contribution < -0.4 is 0 Å². The van der Waals surface area contributed by atoms with Gasteiger partial charge >= 0.3 is 0 Å². The van der Waals surface area contributed by atoms with Crippen molar-refractivity contribution in [1.29, 1.82) is 0 Å². The van der Waals surface area contributed by atoms with Gasteiger partial charge < -0.3 is 4.57 Å². The molecule has 0 atom stereocenters. The van der Waals surface area contributed by atoms with Gasteiger partial charge in [0.15, 0.2) is 11.6 Å². The van der Waals surface area contributed by atoms with Crippen molar-refractivity contribution in [3.05, 3.63) is 200 Å². The minimum absolute atomic E-state index is 0.0324. The first kappa shape index (κ1) is 27.0. The summed E-state index contributed by atoms with van der Waals surface area (Å²) in [6.45, 7) is 0. The lowest BCUT2D eigenvalue weighted by Gasteiger charge is -2.14. The quantitative estimate of drug-likeness (QED) is 0.172. The minimum atomic E-state index is -0.489. The third-order valence-electron chi connectivity index (χ3n) is 10.5. The van der Waals surface area contributed by atoms with Gasteiger partial charge in [-0.3, -0.25) is 4.57 Å². The average Bonchev–Trinajstić information content (AvgIpc) is 3.84. The Kier molecular flexibility index (Phi) is 6.29. The van der Waals surface area contributed by atoms with Gasteiger partial charge in [0, 0.05) is 38.4 Å². The second-order valence-electron chi connectivity index (χ2n) is 13.7. The summed E-state index contributed by atoms with van der Waals surface area (Å²) in [4.78, 5) is 15.3. The first-order valence-electron chi connectivity index (χ1n) is 21.0. The average molecular weight is 721 g/mol. The van der Waals surface area contributed by atoms with Crippen LogP contribution in [0.25, 0.3) is 100 Å². The molecule has 0 aliphatic heterocycles. The highest BCUT2D eigenvalue weighted by Crippen LogP contribution is 2.42. The summed E-state index contributed by atoms with van der Waals surface area (Å²) in [5.41, 5.74) is 9.29. The van der Waals surface area contributed by atoms with Crippen LogP contribution in [0.4, 0.5) is 0 Å². The third-order valence-corrected chi connectivity index (χ3v) is 10.5. The van der Waals surface area contributed by atoms with E-state index >= 15 is 0 Å². The summed E-state index contributed by atoms with van der Waals surface area (Å²) in [5.74, 6) is 0.501. The number of aromatic nitrogens is 5. The largest absolute Gasteiger partial charge is 0.307 e. The maximum absolute atomic E-state index is 9.01. The molecular formula is C51H33N5. The van der Waals surface area contributed by atoms with E-state index in [1.54, 1.807) is 0 Å². The van der Waals surface area contributed by atoms with Crippen molar-refractivity contribution in [3.63, 3.8) is 0 Å². The van der Waals surface area contributed by atoms with E-state index in [2.05, 4.69) is 83.4 Å². The van der Waals surface area contributed by atoms with Gasteiger partial charge in [0.25, 0.3) is 0 Å². The van der Waals surface area contributed by atoms with E-state index in [9.17, 15) is 0 Å². The van der Waals surface area contributed by atoms with E-state index in [0.717, 1.165) is 71.6 Å². The van der Waals surface area contributed by atoms with Gasteiger partial charge in [-0.2, -0.15) is 9.97 Å². The molecule has 0 bridgehead atoms. The van der Waals surface area contributed by atoms with E-state index in [-0.39, 0.29) is 17.3 Å². The van der Waals surface area contributed by atoms with E-state index in [1.807, 2.05) is 95.6 Å². The van der Waals surface area contributed by atoms with Crippen molar-refractivity contribution in [2.75, 3.05) is 0 Å². The Balaban J connectivity index is 1.27. The van der Waals surface area contributed by atoms with Crippen molar-refractivity contribution >= 4 is 43.6 Å². The highest BCUT2D eigenvalue weighted by atomic mass is 15.2. The Labute approximate surface area is 330 Å². The highest BCUT2D eigenvalue weighted by molar-refractivity contribution is 6.23. The lowest BCUT2D eigenvalue weighted by molar-refractivity contribution is 0.953. The summed E-state index contributed by atoms with van der Waals surface area (Å²) in [7, 11) is 0. The summed E-state index contributed by atoms with van der Waals surface area (Å²) < 4.78 is 47.9. The lowest BCUT2D eigenvalue weighted by atomic mass is 9.99. The van der Waals surface area contributed by atoms with Crippen LogP contribution in [0.1, 0.15) is 6.85 Å². The smallest absolute Gasteiger partial charge is 0.238 e. The normalized spacial score (nSPS) is 12.8. The number of para-hydroxylation sites is 2. The highest BCUT2D eigenvalue weighted by Gasteiger charge is 2.24. The number of fused-ring (bicyclic) bond motifs is 7. The van der Waals surface area contributed by atoms with Gasteiger partial charge in [0.1, 0.15) is 0 Å². The molecule has 0 N–H and O–H groups in total. The summed E-state index contributed by atoms with van der Waals surface area (Å²) in [5, 5.41) is 4.07. The van der Waals surface area contributed by atoms with Crippen LogP contribution >= 0.6 is 0 Å². The van der Waals surface area contributed by atoms with Crippen LogP contribution in [0.5, 0.6) is 0 Å². The maximum Gasteiger partial charge on any atom is 0.238 e. The number of benzene rings is 8. The number of nitrogens with zero attached hydrogens (tertiary/aromatic N) is 5. The van der Waals surface area contributed by atoms with Gasteiger partial charge in [-0.25, -0.2) is 4.98 Å². The van der Waals surface area contributed by atoms with Gasteiger partial charge in [-0.15, -0.1) is 0 Å². The topological polar surface area (TPSA) is 48.5 Å². The SMILES string of the molecule is [2H]c1c([2H])c([2H])c(-c2nc(-c3ccccc3-c3ccccc3)nc(-n3c4ccccc4c4ccc5c6ccccc6n(-c6ccc(-c7ccccc7)cc6)c5c43)n2)c([2H])c1[2H]. The van der Waals surface area contributed by atoms with E-state index < -0.39 is 30.2 Å². The Morgan fingerprint density at radius 2 is 0.875 bits per heavy atom. The van der Waals surface area contributed by atoms with Crippen LogP contribution in [0.2, 0.25) is 0 Å². The fraction of sp³-hybridized carbons (Fsp3) is 0. The molecule has 5 heteroatoms. The van der Waals surface area contributed by atoms with Gasteiger partial charge in [-0.05, 0) is 46.5 Å². The number of rotatable bonds is 6. The molecule has 0 aliphatic carbocycles. The molecule has 0 radical (unpaired) electrons. The molecule has 0 saturated carbocycles. The molecule has 8 aromatic carbocycles. The van der Waals surface area contributed by atoms with Crippen molar-refractivity contribution in [1.82, 2.24) is 24.1 Å². The fourth-order valence-corrected chi connectivity index (χ4v) is 8.02. The molecule has 11 aromatic rings. The van der Waals surface area contributed by atoms with Crippen molar-refractivity contribution in [3.8, 4) is 56.7 Å². The Morgan fingerprint density at radius 1 is 0.357 bits per heavy atom. The molecule has 0 spiro atoms. The minimum Gasteiger partial charge on any atom is -0.307 e. The van der Waals surface area contributed by atoms with Crippen molar-refractivity contribution in [2.24, 2.45) is 0 Å². The van der Waals surface area contributed by atoms with Crippen molar-refractivity contribution in [2.45, 2.75) is 0 Å². The summed E-state index contributed by atoms with van der Waals surface area (Å²) >= 11 is 0. The first-order chi connectivity index (χ1) is 29.9. The van der Waals surface area contributed by atoms with Crippen LogP contribution in [0, 0.1) is 0 Å². The zero-order chi connectivity index (χ0) is 41.4. The van der Waals surface area contributed by atoms with Crippen LogP contribution in [-0.2, 0) is 0 Å². The molecule has 0 unspecified atom stereocenters. The molecule has 0 aliphatic rings. The third kappa shape index (κ3) is 5.13. The molecule has 0 amide bonds. The van der Waals surface area contributed by atoms with Gasteiger partial charge in [0.2, 0.25) is 5.95 Å². The molecule has 3 heterocycles. The summed E-state index contributed by atoms with van der Waals surface area (Å²) in [6.07, 6.45) is 0. The van der Waals surface area contributed by atoms with E-state index in [4.69, 9.17) is 21.8 Å². The van der Waals surface area contributed by atoms with Crippen LogP contribution in [0.15, 0.2) is 200 Å². The standard InChI is InChI=1S/C51H33N5/c1-4-16-34(17-5-1)35-28-30-38(31-29-35)55-45-26-14-12-23-40(45)42-32-33-43-41-24-13-15-27-46(41)56(48(43)47(42)55)51-53-49(37-20-8-3-9-21-37)52-50(54-51)44-25-11-10-22-39(44)36-18-6-2-7-19-36/h1-33H/i3D,8D,9D,20D,21D. The second kappa shape index (κ2) is 13.0. The van der Waals surface area contributed by atoms with Gasteiger partial charge in [0.05, 0.1) is 28.9 Å². The first-order valence-corrected chi connectivity index (χ1v) is 18.5. The summed E-state index contributed by atoms with van der Waals surface area (Å²) in [6, 6.07) is 55.3. The molecule has 56 heavy (non-hydrogen) atoms. The second-order valence-corrected chi connectivity index (χ2v) is 13.7. The van der Waals surface area contributed by atoms with Crippen LogP contribution in [0.3, 0.4) is 0 Å². The molecule has 11 rings (SSSR count). The molecule has 5 nitrogen and oxygen atoms in total.